The zero-order valence-corrected chi connectivity index (χ0v) is 5.43. The van der Waals surface area contributed by atoms with Crippen LogP contribution in [-0.2, 0) is 0 Å². The molecule has 1 rings (SSSR count). The molecule has 0 radical (unpaired) electrons. The van der Waals surface area contributed by atoms with Crippen molar-refractivity contribution in [2.45, 2.75) is 26.2 Å². The molecular weight excluding hydrogens is 98.1 g/mol. The first-order valence-electron chi connectivity index (χ1n) is 3.41. The molecular formula is C7H13N. The van der Waals surface area contributed by atoms with Gasteiger partial charge >= 0.3 is 0 Å². The van der Waals surface area contributed by atoms with Gasteiger partial charge in [-0.2, -0.15) is 0 Å². The van der Waals surface area contributed by atoms with Gasteiger partial charge in [-0.25, -0.2) is 0 Å². The Kier molecular flexibility index (Phi) is 2.07. The van der Waals surface area contributed by atoms with Gasteiger partial charge in [0.2, 0.25) is 0 Å². The predicted molar refractivity (Wildman–Crippen MR) is 36.4 cm³/mol. The smallest absolute Gasteiger partial charge is 0.0417 e. The second kappa shape index (κ2) is 2.85. The van der Waals surface area contributed by atoms with Gasteiger partial charge in [0.05, 0.1) is 0 Å². The molecule has 0 spiro atoms. The quantitative estimate of drug-likeness (QED) is 0.516. The van der Waals surface area contributed by atoms with Crippen LogP contribution in [0, 0.1) is 5.92 Å². The highest BCUT2D eigenvalue weighted by molar-refractivity contribution is 5.59. The van der Waals surface area contributed by atoms with Gasteiger partial charge < -0.3 is 0 Å². The van der Waals surface area contributed by atoms with Gasteiger partial charge in [-0.05, 0) is 25.0 Å². The van der Waals surface area contributed by atoms with Crippen molar-refractivity contribution >= 4 is 6.21 Å². The number of aliphatic imine (C=N–C) groups is 1. The van der Waals surface area contributed by atoms with Crippen LogP contribution < -0.4 is 0 Å². The molecule has 0 saturated carbocycles. The summed E-state index contributed by atoms with van der Waals surface area (Å²) in [5.41, 5.74) is 0. The highest BCUT2D eigenvalue weighted by atomic mass is 14.7. The monoisotopic (exact) mass is 111 g/mol. The Morgan fingerprint density at radius 2 is 2.62 bits per heavy atom. The molecule has 1 aliphatic rings. The molecule has 46 valence electrons. The molecule has 0 aliphatic carbocycles. The standard InChI is InChI=1S/C7H13N/c1-2-3-7-4-5-8-6-7/h5,7H,2-4,6H2,1H3/t7-/m1/s1. The first-order valence-corrected chi connectivity index (χ1v) is 3.41. The van der Waals surface area contributed by atoms with Gasteiger partial charge in [0.1, 0.15) is 0 Å². The molecule has 0 unspecified atom stereocenters. The van der Waals surface area contributed by atoms with Crippen LogP contribution >= 0.6 is 0 Å². The van der Waals surface area contributed by atoms with Gasteiger partial charge in [0, 0.05) is 6.54 Å². The van der Waals surface area contributed by atoms with E-state index < -0.39 is 0 Å². The summed E-state index contributed by atoms with van der Waals surface area (Å²) in [6.07, 6.45) is 5.96. The Morgan fingerprint density at radius 3 is 3.12 bits per heavy atom. The zero-order valence-electron chi connectivity index (χ0n) is 5.43. The minimum absolute atomic E-state index is 0.889. The third-order valence-corrected chi connectivity index (χ3v) is 1.63. The van der Waals surface area contributed by atoms with Gasteiger partial charge in [0.25, 0.3) is 0 Å². The lowest BCUT2D eigenvalue weighted by Crippen LogP contribution is -1.96. The molecule has 0 saturated heterocycles. The largest absolute Gasteiger partial charge is 0.297 e. The Bertz CT molecular complexity index is 78.4. The van der Waals surface area contributed by atoms with E-state index in [2.05, 4.69) is 18.1 Å². The van der Waals surface area contributed by atoms with Gasteiger partial charge in [-0.1, -0.05) is 13.3 Å². The number of nitrogens with zero attached hydrogens (tertiary/aromatic N) is 1. The van der Waals surface area contributed by atoms with Crippen LogP contribution in [0.2, 0.25) is 0 Å². The fraction of sp³-hybridized carbons (Fsp3) is 0.857. The van der Waals surface area contributed by atoms with Crippen LogP contribution in [0.5, 0.6) is 0 Å². The van der Waals surface area contributed by atoms with Crippen molar-refractivity contribution in [3.05, 3.63) is 0 Å². The van der Waals surface area contributed by atoms with Crippen molar-refractivity contribution < 1.29 is 0 Å². The maximum Gasteiger partial charge on any atom is 0.0417 e. The lowest BCUT2D eigenvalue weighted by Gasteiger charge is -2.02. The van der Waals surface area contributed by atoms with Crippen LogP contribution in [0.25, 0.3) is 0 Å². The normalized spacial score (nSPS) is 26.9. The topological polar surface area (TPSA) is 12.4 Å². The summed E-state index contributed by atoms with van der Waals surface area (Å²) in [7, 11) is 0. The number of hydrogen-bond donors (Lipinski definition) is 0. The molecule has 0 amide bonds. The summed E-state index contributed by atoms with van der Waals surface area (Å²) in [5, 5.41) is 0. The molecule has 1 heterocycles. The molecule has 8 heavy (non-hydrogen) atoms. The molecule has 0 N–H and O–H groups in total. The molecule has 1 atom stereocenters. The molecule has 0 bridgehead atoms. The average molecular weight is 111 g/mol. The van der Waals surface area contributed by atoms with E-state index in [9.17, 15) is 0 Å². The highest BCUT2D eigenvalue weighted by Gasteiger charge is 2.08. The van der Waals surface area contributed by atoms with E-state index in [0.717, 1.165) is 12.5 Å². The second-order valence-corrected chi connectivity index (χ2v) is 2.44. The Hall–Kier alpha value is -0.330. The lowest BCUT2D eigenvalue weighted by molar-refractivity contribution is 0.534. The van der Waals surface area contributed by atoms with Crippen molar-refractivity contribution in [1.29, 1.82) is 0 Å². The van der Waals surface area contributed by atoms with Crippen LogP contribution in [-0.4, -0.2) is 12.8 Å². The van der Waals surface area contributed by atoms with Crippen LogP contribution in [0.1, 0.15) is 26.2 Å². The SMILES string of the molecule is CCC[C@@H]1CC=NC1. The van der Waals surface area contributed by atoms with Crippen LogP contribution in [0.4, 0.5) is 0 Å². The summed E-state index contributed by atoms with van der Waals surface area (Å²) < 4.78 is 0. The van der Waals surface area contributed by atoms with Crippen molar-refractivity contribution in [1.82, 2.24) is 0 Å². The predicted octanol–water partition coefficient (Wildman–Crippen LogP) is 1.88. The Morgan fingerprint density at radius 1 is 1.75 bits per heavy atom. The van der Waals surface area contributed by atoms with Crippen molar-refractivity contribution in [2.24, 2.45) is 10.9 Å². The van der Waals surface area contributed by atoms with Crippen molar-refractivity contribution in [3.63, 3.8) is 0 Å². The van der Waals surface area contributed by atoms with Crippen molar-refractivity contribution in [3.8, 4) is 0 Å². The lowest BCUT2D eigenvalue weighted by atomic mass is 10.0. The van der Waals surface area contributed by atoms with Crippen LogP contribution in [0.15, 0.2) is 4.99 Å². The summed E-state index contributed by atoms with van der Waals surface area (Å²) in [4.78, 5) is 4.16. The Balaban J connectivity index is 2.10. The fourth-order valence-electron chi connectivity index (χ4n) is 1.14. The number of rotatable bonds is 2. The molecule has 1 heteroatoms. The minimum Gasteiger partial charge on any atom is -0.297 e. The third-order valence-electron chi connectivity index (χ3n) is 1.63. The summed E-state index contributed by atoms with van der Waals surface area (Å²) >= 11 is 0. The summed E-state index contributed by atoms with van der Waals surface area (Å²) in [6, 6.07) is 0. The molecule has 0 aromatic heterocycles. The van der Waals surface area contributed by atoms with E-state index in [4.69, 9.17) is 0 Å². The average Bonchev–Trinajstić information content (AvgIpc) is 2.19. The van der Waals surface area contributed by atoms with Crippen LogP contribution in [0.3, 0.4) is 0 Å². The van der Waals surface area contributed by atoms with E-state index >= 15 is 0 Å². The minimum atomic E-state index is 0.889. The molecule has 1 nitrogen and oxygen atoms in total. The van der Waals surface area contributed by atoms with E-state index in [1.54, 1.807) is 0 Å². The van der Waals surface area contributed by atoms with Gasteiger partial charge in [-0.3, -0.25) is 4.99 Å². The summed E-state index contributed by atoms with van der Waals surface area (Å²) in [6.45, 7) is 3.33. The third kappa shape index (κ3) is 1.32. The molecule has 0 aromatic rings. The van der Waals surface area contributed by atoms with Gasteiger partial charge in [0.15, 0.2) is 0 Å². The second-order valence-electron chi connectivity index (χ2n) is 2.44. The van der Waals surface area contributed by atoms with Crippen molar-refractivity contribution in [2.75, 3.05) is 6.54 Å². The molecule has 1 aliphatic heterocycles. The van der Waals surface area contributed by atoms with E-state index in [1.165, 1.54) is 19.3 Å². The molecule has 0 fully saturated rings. The molecule has 0 aromatic carbocycles. The maximum absolute atomic E-state index is 4.16. The summed E-state index contributed by atoms with van der Waals surface area (Å²) in [5.74, 6) is 0.889. The highest BCUT2D eigenvalue weighted by Crippen LogP contribution is 2.13. The van der Waals surface area contributed by atoms with Gasteiger partial charge in [-0.15, -0.1) is 0 Å². The van der Waals surface area contributed by atoms with E-state index in [-0.39, 0.29) is 0 Å². The first-order chi connectivity index (χ1) is 3.93. The maximum atomic E-state index is 4.16. The first kappa shape index (κ1) is 5.80. The van der Waals surface area contributed by atoms with E-state index in [1.807, 2.05) is 0 Å². The Labute approximate surface area is 50.8 Å². The zero-order chi connectivity index (χ0) is 5.82. The van der Waals surface area contributed by atoms with E-state index in [0.29, 0.717) is 0 Å². The fourth-order valence-corrected chi connectivity index (χ4v) is 1.14. The number of hydrogen-bond acceptors (Lipinski definition) is 1.